The van der Waals surface area contributed by atoms with Gasteiger partial charge in [0, 0.05) is 24.3 Å². The van der Waals surface area contributed by atoms with E-state index in [2.05, 4.69) is 10.4 Å². The van der Waals surface area contributed by atoms with E-state index in [9.17, 15) is 18.0 Å². The molecule has 1 N–H and O–H groups in total. The second kappa shape index (κ2) is 7.39. The smallest absolute Gasteiger partial charge is 0.364 e. The van der Waals surface area contributed by atoms with Gasteiger partial charge in [-0.3, -0.25) is 9.48 Å². The largest absolute Gasteiger partial charge is 0.435 e. The van der Waals surface area contributed by atoms with Crippen LogP contribution >= 0.6 is 0 Å². The van der Waals surface area contributed by atoms with E-state index in [4.69, 9.17) is 0 Å². The van der Waals surface area contributed by atoms with Gasteiger partial charge < -0.3 is 10.2 Å². The zero-order valence-corrected chi connectivity index (χ0v) is 17.4. The molecule has 1 aliphatic heterocycles. The van der Waals surface area contributed by atoms with Crippen molar-refractivity contribution in [1.82, 2.24) is 9.78 Å². The van der Waals surface area contributed by atoms with E-state index in [-0.39, 0.29) is 11.3 Å². The monoisotopic (exact) mass is 408 g/mol. The average Bonchev–Trinajstić information content (AvgIpc) is 3.00. The van der Waals surface area contributed by atoms with Gasteiger partial charge in [0.15, 0.2) is 5.69 Å². The molecule has 2 heterocycles. The molecule has 1 amide bonds. The van der Waals surface area contributed by atoms with Gasteiger partial charge in [0.05, 0.1) is 18.8 Å². The fourth-order valence-electron chi connectivity index (χ4n) is 3.61. The van der Waals surface area contributed by atoms with Crippen LogP contribution in [0.2, 0.25) is 0 Å². The molecule has 0 saturated heterocycles. The van der Waals surface area contributed by atoms with Gasteiger partial charge in [-0.25, -0.2) is 0 Å². The summed E-state index contributed by atoms with van der Waals surface area (Å²) in [7, 11) is 0. The molecule has 3 rings (SSSR count). The third-order valence-corrected chi connectivity index (χ3v) is 4.93. The third-order valence-electron chi connectivity index (χ3n) is 4.93. The number of nitrogens with one attached hydrogen (secondary N) is 1. The normalized spacial score (nSPS) is 14.7. The van der Waals surface area contributed by atoms with E-state index in [1.54, 1.807) is 0 Å². The zero-order chi connectivity index (χ0) is 21.6. The lowest BCUT2D eigenvalue weighted by atomic mass is 9.92. The lowest BCUT2D eigenvalue weighted by Gasteiger charge is -2.30. The minimum atomic E-state index is -4.44. The van der Waals surface area contributed by atoms with Gasteiger partial charge in [0.25, 0.3) is 0 Å². The highest BCUT2D eigenvalue weighted by atomic mass is 19.4. The van der Waals surface area contributed by atoms with Crippen molar-refractivity contribution >= 4 is 17.3 Å². The van der Waals surface area contributed by atoms with Crippen molar-refractivity contribution < 1.29 is 18.0 Å². The molecular weight excluding hydrogens is 381 g/mol. The Hall–Kier alpha value is -2.51. The molecule has 0 atom stereocenters. The fourth-order valence-corrected chi connectivity index (χ4v) is 3.61. The molecule has 2 aromatic rings. The summed E-state index contributed by atoms with van der Waals surface area (Å²) in [6, 6.07) is 5.06. The summed E-state index contributed by atoms with van der Waals surface area (Å²) in [6.07, 6.45) is -4.01. The molecule has 29 heavy (non-hydrogen) atoms. The first-order valence-corrected chi connectivity index (χ1v) is 9.63. The molecule has 0 unspecified atom stereocenters. The number of hydrogen-bond acceptors (Lipinski definition) is 3. The fraction of sp³-hybridized carbons (Fsp3) is 0.524. The number of alkyl halides is 3. The molecular formula is C21H27F3N4O. The van der Waals surface area contributed by atoms with E-state index < -0.39 is 11.9 Å². The van der Waals surface area contributed by atoms with Crippen molar-refractivity contribution in [2.75, 3.05) is 16.8 Å². The molecule has 1 aromatic carbocycles. The highest BCUT2D eigenvalue weighted by Gasteiger charge is 2.35. The Bertz CT molecular complexity index is 902. The highest BCUT2D eigenvalue weighted by Crippen LogP contribution is 2.33. The molecule has 0 fully saturated rings. The number of benzene rings is 1. The Morgan fingerprint density at radius 3 is 2.28 bits per heavy atom. The van der Waals surface area contributed by atoms with Crippen LogP contribution in [0.1, 0.15) is 49.7 Å². The Kier molecular flexibility index (Phi) is 5.40. The Labute approximate surface area is 168 Å². The van der Waals surface area contributed by atoms with Crippen LogP contribution in [-0.2, 0) is 24.1 Å². The van der Waals surface area contributed by atoms with Gasteiger partial charge in [-0.05, 0) is 48.6 Å². The van der Waals surface area contributed by atoms with E-state index >= 15 is 0 Å². The van der Waals surface area contributed by atoms with Gasteiger partial charge >= 0.3 is 6.18 Å². The van der Waals surface area contributed by atoms with Gasteiger partial charge in [0.1, 0.15) is 0 Å². The number of halogens is 3. The molecule has 8 heteroatoms. The molecule has 0 bridgehead atoms. The minimum Gasteiger partial charge on any atom is -0.364 e. The second-order valence-electron chi connectivity index (χ2n) is 8.90. The number of aromatic nitrogens is 2. The number of aryl methyl sites for hydroxylation is 2. The molecule has 1 aromatic heterocycles. The molecule has 5 nitrogen and oxygen atoms in total. The maximum atomic E-state index is 12.9. The summed E-state index contributed by atoms with van der Waals surface area (Å²) in [4.78, 5) is 14.4. The average molecular weight is 408 g/mol. The molecule has 0 radical (unpaired) electrons. The summed E-state index contributed by atoms with van der Waals surface area (Å²) in [5.74, 6) is -0.0296. The predicted molar refractivity (Wildman–Crippen MR) is 107 cm³/mol. The van der Waals surface area contributed by atoms with Crippen LogP contribution in [0.4, 0.5) is 24.5 Å². The standard InChI is InChI=1S/C21H27F3N4O/c1-13-8-15(9-14(2)19(13)25-18(29)11-20(3,4)5)27-6-7-28-16(12-27)10-17(26-28)21(22,23)24/h8-10H,6-7,11-12H2,1-5H3,(H,25,29). The van der Waals surface area contributed by atoms with Crippen molar-refractivity contribution in [3.8, 4) is 0 Å². The maximum absolute atomic E-state index is 12.9. The van der Waals surface area contributed by atoms with Crippen molar-refractivity contribution in [1.29, 1.82) is 0 Å². The lowest BCUT2D eigenvalue weighted by Crippen LogP contribution is -2.34. The Morgan fingerprint density at radius 1 is 1.10 bits per heavy atom. The topological polar surface area (TPSA) is 50.2 Å². The van der Waals surface area contributed by atoms with Crippen molar-refractivity contribution in [2.24, 2.45) is 5.41 Å². The quantitative estimate of drug-likeness (QED) is 0.785. The van der Waals surface area contributed by atoms with Crippen LogP contribution in [0.5, 0.6) is 0 Å². The molecule has 0 spiro atoms. The minimum absolute atomic E-state index is 0.0296. The Morgan fingerprint density at radius 2 is 1.72 bits per heavy atom. The van der Waals surface area contributed by atoms with Crippen LogP contribution in [-0.4, -0.2) is 22.2 Å². The van der Waals surface area contributed by atoms with Crippen LogP contribution in [0.25, 0.3) is 0 Å². The lowest BCUT2D eigenvalue weighted by molar-refractivity contribution is -0.141. The SMILES string of the molecule is Cc1cc(N2CCn3nc(C(F)(F)F)cc3C2)cc(C)c1NC(=O)CC(C)(C)C. The number of amides is 1. The van der Waals surface area contributed by atoms with E-state index in [0.717, 1.165) is 28.6 Å². The zero-order valence-electron chi connectivity index (χ0n) is 17.4. The van der Waals surface area contributed by atoms with Crippen LogP contribution < -0.4 is 10.2 Å². The Balaban J connectivity index is 1.79. The molecule has 158 valence electrons. The van der Waals surface area contributed by atoms with Crippen LogP contribution in [0.15, 0.2) is 18.2 Å². The van der Waals surface area contributed by atoms with Crippen molar-refractivity contribution in [3.63, 3.8) is 0 Å². The number of nitrogens with zero attached hydrogens (tertiary/aromatic N) is 3. The first-order chi connectivity index (χ1) is 13.3. The number of hydrogen-bond donors (Lipinski definition) is 1. The van der Waals surface area contributed by atoms with E-state index in [0.29, 0.717) is 31.7 Å². The van der Waals surface area contributed by atoms with Crippen molar-refractivity contribution in [2.45, 2.75) is 60.3 Å². The van der Waals surface area contributed by atoms with E-state index in [1.807, 2.05) is 51.7 Å². The summed E-state index contributed by atoms with van der Waals surface area (Å²) in [5.41, 5.74) is 3.17. The van der Waals surface area contributed by atoms with Gasteiger partial charge in [-0.15, -0.1) is 0 Å². The highest BCUT2D eigenvalue weighted by molar-refractivity contribution is 5.93. The number of rotatable bonds is 3. The number of fused-ring (bicyclic) bond motifs is 1. The number of carbonyl (C=O) groups is 1. The summed E-state index contributed by atoms with van der Waals surface area (Å²) >= 11 is 0. The van der Waals surface area contributed by atoms with Crippen LogP contribution in [0.3, 0.4) is 0 Å². The second-order valence-corrected chi connectivity index (χ2v) is 8.90. The number of carbonyl (C=O) groups excluding carboxylic acids is 1. The van der Waals surface area contributed by atoms with Gasteiger partial charge in [0.2, 0.25) is 5.91 Å². The summed E-state index contributed by atoms with van der Waals surface area (Å²) in [6.45, 7) is 11.2. The maximum Gasteiger partial charge on any atom is 0.435 e. The first kappa shape index (κ1) is 21.2. The summed E-state index contributed by atoms with van der Waals surface area (Å²) < 4.78 is 40.2. The first-order valence-electron chi connectivity index (χ1n) is 9.63. The molecule has 0 aliphatic carbocycles. The van der Waals surface area contributed by atoms with Gasteiger partial charge in [-0.2, -0.15) is 18.3 Å². The van der Waals surface area contributed by atoms with Crippen LogP contribution in [0, 0.1) is 19.3 Å². The van der Waals surface area contributed by atoms with E-state index in [1.165, 1.54) is 4.68 Å². The third kappa shape index (κ3) is 4.92. The number of anilines is 2. The van der Waals surface area contributed by atoms with Crippen molar-refractivity contribution in [3.05, 3.63) is 40.7 Å². The molecule has 0 saturated carbocycles. The predicted octanol–water partition coefficient (Wildman–Crippen LogP) is 4.91. The molecule has 1 aliphatic rings. The summed E-state index contributed by atoms with van der Waals surface area (Å²) in [5, 5.41) is 6.68. The van der Waals surface area contributed by atoms with Gasteiger partial charge in [-0.1, -0.05) is 20.8 Å².